The van der Waals surface area contributed by atoms with Crippen LogP contribution in [0.5, 0.6) is 5.88 Å². The lowest BCUT2D eigenvalue weighted by molar-refractivity contribution is 0.387. The minimum Gasteiger partial charge on any atom is -0.494 e. The van der Waals surface area contributed by atoms with Gasteiger partial charge in [-0.15, -0.1) is 0 Å². The average Bonchev–Trinajstić information content (AvgIpc) is 2.88. The van der Waals surface area contributed by atoms with E-state index in [4.69, 9.17) is 0 Å². The van der Waals surface area contributed by atoms with Crippen molar-refractivity contribution < 1.29 is 5.11 Å². The first-order valence-corrected chi connectivity index (χ1v) is 9.64. The summed E-state index contributed by atoms with van der Waals surface area (Å²) >= 11 is 2.05. The first-order chi connectivity index (χ1) is 10.2. The van der Waals surface area contributed by atoms with Crippen LogP contribution in [0.3, 0.4) is 0 Å². The lowest BCUT2D eigenvalue weighted by atomic mass is 9.99. The zero-order valence-corrected chi connectivity index (χ0v) is 14.3. The highest BCUT2D eigenvalue weighted by Gasteiger charge is 2.19. The molecule has 0 aromatic carbocycles. The number of H-pyrrole nitrogens is 1. The Morgan fingerprint density at radius 2 is 1.81 bits per heavy atom. The van der Waals surface area contributed by atoms with Gasteiger partial charge in [0.25, 0.3) is 0 Å². The molecule has 3 N–H and O–H groups in total. The summed E-state index contributed by atoms with van der Waals surface area (Å²) in [5.74, 6) is 0.330. The molecule has 120 valence electrons. The number of aryl methyl sites for hydroxylation is 1. The van der Waals surface area contributed by atoms with Gasteiger partial charge in [0, 0.05) is 22.5 Å². The van der Waals surface area contributed by atoms with Gasteiger partial charge in [-0.1, -0.05) is 25.7 Å². The number of nitrogens with one attached hydrogen (secondary N) is 2. The van der Waals surface area contributed by atoms with Gasteiger partial charge in [0.1, 0.15) is 0 Å². The Morgan fingerprint density at radius 1 is 1.10 bits per heavy atom. The van der Waals surface area contributed by atoms with Gasteiger partial charge >= 0.3 is 0 Å². The molecule has 3 rings (SSSR count). The lowest BCUT2D eigenvalue weighted by Gasteiger charge is -2.22. The number of hydrogen-bond donors (Lipinski definition) is 3. The highest BCUT2D eigenvalue weighted by atomic mass is 32.2. The maximum Gasteiger partial charge on any atom is 0.193 e. The molecule has 1 aliphatic carbocycles. The number of piperidine rings is 1. The van der Waals surface area contributed by atoms with Crippen molar-refractivity contribution in [3.63, 3.8) is 0 Å². The Morgan fingerprint density at radius 3 is 2.29 bits per heavy atom. The normalized spacial score (nSPS) is 23.4. The van der Waals surface area contributed by atoms with Crippen molar-refractivity contribution in [1.82, 2.24) is 10.3 Å². The van der Waals surface area contributed by atoms with Gasteiger partial charge < -0.3 is 15.4 Å². The third-order valence-electron chi connectivity index (χ3n) is 4.53. The quantitative estimate of drug-likeness (QED) is 0.752. The third kappa shape index (κ3) is 5.26. The summed E-state index contributed by atoms with van der Waals surface area (Å²) in [6.45, 7) is 3.03. The molecule has 2 fully saturated rings. The molecule has 2 aliphatic rings. The first kappa shape index (κ1) is 16.8. The summed E-state index contributed by atoms with van der Waals surface area (Å²) in [6, 6.07) is 2.37. The smallest absolute Gasteiger partial charge is 0.193 e. The molecule has 21 heavy (non-hydrogen) atoms. The lowest BCUT2D eigenvalue weighted by Crippen LogP contribution is -2.26. The molecule has 4 heteroatoms. The fourth-order valence-electron chi connectivity index (χ4n) is 3.28. The summed E-state index contributed by atoms with van der Waals surface area (Å²) < 4.78 is 0. The van der Waals surface area contributed by atoms with Crippen LogP contribution in [-0.2, 0) is 0 Å². The zero-order valence-electron chi connectivity index (χ0n) is 13.5. The number of hydrogen-bond acceptors (Lipinski definition) is 3. The summed E-state index contributed by atoms with van der Waals surface area (Å²) in [5, 5.41) is 14.0. The Balaban J connectivity index is 0.000000173. The van der Waals surface area contributed by atoms with E-state index < -0.39 is 0 Å². The highest BCUT2D eigenvalue weighted by molar-refractivity contribution is 7.99. The fraction of sp³-hybridized carbons (Fsp3) is 0.765. The number of rotatable bonds is 2. The number of thioether (sulfide) groups is 1. The maximum atomic E-state index is 9.59. The van der Waals surface area contributed by atoms with E-state index in [1.54, 1.807) is 0 Å². The molecular weight excluding hydrogens is 280 g/mol. The molecule has 0 spiro atoms. The van der Waals surface area contributed by atoms with Crippen molar-refractivity contribution in [1.29, 1.82) is 0 Å². The van der Waals surface area contributed by atoms with Gasteiger partial charge in [0.05, 0.1) is 0 Å². The van der Waals surface area contributed by atoms with Crippen LogP contribution in [0, 0.1) is 6.92 Å². The Kier molecular flexibility index (Phi) is 6.97. The van der Waals surface area contributed by atoms with Crippen LogP contribution in [0.1, 0.15) is 68.7 Å². The molecule has 1 aliphatic heterocycles. The summed E-state index contributed by atoms with van der Waals surface area (Å²) in [5.41, 5.74) is 2.05. The van der Waals surface area contributed by atoms with Crippen LogP contribution < -0.4 is 5.32 Å². The monoisotopic (exact) mass is 310 g/mol. The van der Waals surface area contributed by atoms with E-state index in [2.05, 4.69) is 16.6 Å². The molecule has 2 heterocycles. The van der Waals surface area contributed by atoms with Crippen molar-refractivity contribution in [2.24, 2.45) is 0 Å². The molecular formula is C17H30N2OS. The van der Waals surface area contributed by atoms with E-state index in [1.807, 2.05) is 24.8 Å². The second-order valence-corrected chi connectivity index (χ2v) is 7.39. The average molecular weight is 311 g/mol. The van der Waals surface area contributed by atoms with Crippen molar-refractivity contribution in [2.75, 3.05) is 12.8 Å². The highest BCUT2D eigenvalue weighted by Crippen LogP contribution is 2.29. The minimum atomic E-state index is 0.330. The molecule has 1 atom stereocenters. The van der Waals surface area contributed by atoms with Crippen LogP contribution in [-0.4, -0.2) is 28.1 Å². The molecule has 0 bridgehead atoms. The summed E-state index contributed by atoms with van der Waals surface area (Å²) in [6.07, 6.45) is 13.2. The number of aromatic amines is 1. The molecule has 1 unspecified atom stereocenters. The summed E-state index contributed by atoms with van der Waals surface area (Å²) in [4.78, 5) is 2.92. The molecule has 1 aromatic rings. The van der Waals surface area contributed by atoms with Crippen molar-refractivity contribution in [3.8, 4) is 5.88 Å². The van der Waals surface area contributed by atoms with E-state index in [1.165, 1.54) is 44.9 Å². The van der Waals surface area contributed by atoms with Gasteiger partial charge in [0.15, 0.2) is 5.88 Å². The van der Waals surface area contributed by atoms with E-state index >= 15 is 0 Å². The number of aromatic nitrogens is 1. The first-order valence-electron chi connectivity index (χ1n) is 8.35. The Bertz CT molecular complexity index is 407. The topological polar surface area (TPSA) is 48.0 Å². The standard InChI is InChI=1S/C10H16N2O.C7H14S/c1-7-6-8(10(13)12-7)9-4-2-3-5-11-9;1-8-7-5-3-2-4-6-7/h6,9,11-13H,2-5H2,1H3;7H,2-6H2,1H3. The van der Waals surface area contributed by atoms with E-state index in [0.29, 0.717) is 11.9 Å². The maximum absolute atomic E-state index is 9.59. The molecule has 1 saturated carbocycles. The predicted octanol–water partition coefficient (Wildman–Crippen LogP) is 4.53. The SMILES string of the molecule is CSC1CCCCC1.Cc1cc(C2CCCCN2)c(O)[nH]1. The zero-order chi connectivity index (χ0) is 15.1. The van der Waals surface area contributed by atoms with E-state index in [9.17, 15) is 5.11 Å². The fourth-order valence-corrected chi connectivity index (χ4v) is 4.09. The van der Waals surface area contributed by atoms with Crippen LogP contribution in [0.4, 0.5) is 0 Å². The molecule has 1 aromatic heterocycles. The van der Waals surface area contributed by atoms with E-state index in [0.717, 1.165) is 29.5 Å². The third-order valence-corrected chi connectivity index (χ3v) is 5.67. The second kappa shape index (κ2) is 8.74. The largest absolute Gasteiger partial charge is 0.494 e. The van der Waals surface area contributed by atoms with Crippen molar-refractivity contribution >= 4 is 11.8 Å². The molecule has 1 saturated heterocycles. The van der Waals surface area contributed by atoms with Crippen LogP contribution in [0.2, 0.25) is 0 Å². The van der Waals surface area contributed by atoms with Crippen molar-refractivity contribution in [3.05, 3.63) is 17.3 Å². The number of aromatic hydroxyl groups is 1. The molecule has 0 radical (unpaired) electrons. The van der Waals surface area contributed by atoms with Gasteiger partial charge in [-0.3, -0.25) is 0 Å². The Hall–Kier alpha value is -0.610. The van der Waals surface area contributed by atoms with Crippen LogP contribution in [0.15, 0.2) is 6.07 Å². The summed E-state index contributed by atoms with van der Waals surface area (Å²) in [7, 11) is 0. The Labute approximate surface area is 133 Å². The van der Waals surface area contributed by atoms with Gasteiger partial charge in [-0.2, -0.15) is 11.8 Å². The molecule has 0 amide bonds. The van der Waals surface area contributed by atoms with Crippen molar-refractivity contribution in [2.45, 2.75) is 69.6 Å². The van der Waals surface area contributed by atoms with Gasteiger partial charge in [0.2, 0.25) is 0 Å². The predicted molar refractivity (Wildman–Crippen MR) is 92.2 cm³/mol. The van der Waals surface area contributed by atoms with E-state index in [-0.39, 0.29) is 0 Å². The second-order valence-electron chi connectivity index (χ2n) is 6.25. The van der Waals surface area contributed by atoms with Gasteiger partial charge in [-0.25, -0.2) is 0 Å². The van der Waals surface area contributed by atoms with Gasteiger partial charge in [-0.05, 0) is 51.5 Å². The molecule has 3 nitrogen and oxygen atoms in total. The van der Waals surface area contributed by atoms with Crippen LogP contribution >= 0.6 is 11.8 Å². The van der Waals surface area contributed by atoms with Crippen LogP contribution in [0.25, 0.3) is 0 Å². The minimum absolute atomic E-state index is 0.330.